The maximum Gasteiger partial charge on any atom is 0.0899 e. The Morgan fingerprint density at radius 1 is 1.33 bits per heavy atom. The molecule has 2 N–H and O–H groups in total. The molecule has 1 aliphatic rings. The second-order valence-electron chi connectivity index (χ2n) is 5.69. The number of nitrogens with two attached hydrogens (primary N) is 1. The molecule has 0 aromatic carbocycles. The van der Waals surface area contributed by atoms with Crippen molar-refractivity contribution >= 4 is 17.2 Å². The quantitative estimate of drug-likeness (QED) is 0.802. The van der Waals surface area contributed by atoms with Crippen LogP contribution in [0, 0.1) is 0 Å². The maximum atomic E-state index is 5.75. The molecule has 2 heterocycles. The lowest BCUT2D eigenvalue weighted by molar-refractivity contribution is 0.115. The smallest absolute Gasteiger partial charge is 0.0899 e. The highest BCUT2D eigenvalue weighted by Gasteiger charge is 2.23. The van der Waals surface area contributed by atoms with Crippen molar-refractivity contribution in [1.82, 2.24) is 19.6 Å². The van der Waals surface area contributed by atoms with E-state index in [0.717, 1.165) is 45.7 Å². The van der Waals surface area contributed by atoms with Crippen molar-refractivity contribution in [3.63, 3.8) is 0 Å². The Hall–Kier alpha value is -0.980. The summed E-state index contributed by atoms with van der Waals surface area (Å²) in [5.41, 5.74) is 8.26. The second-order valence-corrected chi connectivity index (χ2v) is 6.16. The minimum Gasteiger partial charge on any atom is -0.392 e. The van der Waals surface area contributed by atoms with E-state index in [-0.39, 0.29) is 6.04 Å². The fraction of sp³-hybridized carbons (Fsp3) is 0.733. The molecule has 0 radical (unpaired) electrons. The van der Waals surface area contributed by atoms with Crippen LogP contribution in [-0.4, -0.2) is 56.8 Å². The van der Waals surface area contributed by atoms with E-state index in [1.54, 1.807) is 0 Å². The Labute approximate surface area is 133 Å². The van der Waals surface area contributed by atoms with Gasteiger partial charge in [0.15, 0.2) is 0 Å². The largest absolute Gasteiger partial charge is 0.392 e. The van der Waals surface area contributed by atoms with Gasteiger partial charge in [0.2, 0.25) is 0 Å². The Morgan fingerprint density at radius 3 is 2.52 bits per heavy atom. The first-order valence-electron chi connectivity index (χ1n) is 7.86. The summed E-state index contributed by atoms with van der Waals surface area (Å²) in [4.78, 5) is 5.46. The van der Waals surface area contributed by atoms with Gasteiger partial charge < -0.3 is 5.73 Å². The molecule has 2 rings (SSSR count). The fourth-order valence-electron chi connectivity index (χ4n) is 2.81. The molecule has 1 saturated heterocycles. The third-order valence-electron chi connectivity index (χ3n) is 4.33. The van der Waals surface area contributed by atoms with Gasteiger partial charge in [0.05, 0.1) is 22.4 Å². The normalized spacial score (nSPS) is 18.8. The van der Waals surface area contributed by atoms with E-state index < -0.39 is 0 Å². The zero-order valence-electron chi connectivity index (χ0n) is 13.4. The zero-order valence-corrected chi connectivity index (χ0v) is 14.2. The van der Waals surface area contributed by atoms with Crippen molar-refractivity contribution in [3.8, 4) is 0 Å². The van der Waals surface area contributed by atoms with Gasteiger partial charge in [-0.1, -0.05) is 19.1 Å². The van der Waals surface area contributed by atoms with Crippen LogP contribution in [0.15, 0.2) is 6.07 Å². The van der Waals surface area contributed by atoms with Crippen molar-refractivity contribution < 1.29 is 0 Å². The highest BCUT2D eigenvalue weighted by Crippen LogP contribution is 2.12. The number of aromatic nitrogens is 2. The third kappa shape index (κ3) is 4.02. The molecule has 1 aromatic heterocycles. The summed E-state index contributed by atoms with van der Waals surface area (Å²) < 4.78 is 2.13. The Bertz CT molecular complexity index is 476. The number of nitrogens with zero attached hydrogens (tertiary/aromatic N) is 4. The van der Waals surface area contributed by atoms with Gasteiger partial charge in [-0.2, -0.15) is 5.10 Å². The van der Waals surface area contributed by atoms with Gasteiger partial charge in [-0.3, -0.25) is 14.5 Å². The number of thiocarbonyl (C=S) groups is 1. The molecule has 1 aliphatic heterocycles. The van der Waals surface area contributed by atoms with Crippen LogP contribution < -0.4 is 5.73 Å². The Balaban J connectivity index is 1.91. The average molecular weight is 309 g/mol. The highest BCUT2D eigenvalue weighted by molar-refractivity contribution is 7.80. The molecule has 0 spiro atoms. The number of rotatable bonds is 6. The summed E-state index contributed by atoms with van der Waals surface area (Å²) in [6, 6.07) is 2.45. The van der Waals surface area contributed by atoms with Crippen LogP contribution in [0.5, 0.6) is 0 Å². The minimum atomic E-state index is 0.204. The van der Waals surface area contributed by atoms with Crippen LogP contribution in [0.2, 0.25) is 0 Å². The fourth-order valence-corrected chi connectivity index (χ4v) is 2.96. The van der Waals surface area contributed by atoms with E-state index in [2.05, 4.69) is 46.4 Å². The molecule has 21 heavy (non-hydrogen) atoms. The first kappa shape index (κ1) is 16.4. The van der Waals surface area contributed by atoms with Crippen LogP contribution in [0.1, 0.15) is 32.2 Å². The molecule has 118 valence electrons. The SMILES string of the molecule is CCc1cc(CN2CCN(C(C)C(N)=S)CC2)n(CC)n1. The van der Waals surface area contributed by atoms with Gasteiger partial charge in [0.1, 0.15) is 0 Å². The van der Waals surface area contributed by atoms with Crippen LogP contribution in [0.25, 0.3) is 0 Å². The highest BCUT2D eigenvalue weighted by atomic mass is 32.1. The van der Waals surface area contributed by atoms with Gasteiger partial charge in [0.25, 0.3) is 0 Å². The molecule has 0 saturated carbocycles. The van der Waals surface area contributed by atoms with E-state index in [9.17, 15) is 0 Å². The summed E-state index contributed by atoms with van der Waals surface area (Å²) in [6.07, 6.45) is 0.999. The molecule has 6 heteroatoms. The monoisotopic (exact) mass is 309 g/mol. The van der Waals surface area contributed by atoms with Crippen LogP contribution in [0.3, 0.4) is 0 Å². The number of piperazine rings is 1. The van der Waals surface area contributed by atoms with Gasteiger partial charge in [0, 0.05) is 39.3 Å². The van der Waals surface area contributed by atoms with Gasteiger partial charge in [-0.05, 0) is 26.3 Å². The summed E-state index contributed by atoms with van der Waals surface area (Å²) in [5, 5.41) is 4.62. The number of aryl methyl sites for hydroxylation is 2. The molecule has 1 fully saturated rings. The summed E-state index contributed by atoms with van der Waals surface area (Å²) in [5.74, 6) is 0. The number of hydrogen-bond donors (Lipinski definition) is 1. The standard InChI is InChI=1S/C15H27N5S/c1-4-13-10-14(20(5-2)17-13)11-18-6-8-19(9-7-18)12(3)15(16)21/h10,12H,4-9,11H2,1-3H3,(H2,16,21). The van der Waals surface area contributed by atoms with E-state index in [1.807, 2.05) is 0 Å². The molecule has 0 bridgehead atoms. The van der Waals surface area contributed by atoms with Crippen LogP contribution in [-0.2, 0) is 19.5 Å². The van der Waals surface area contributed by atoms with Crippen molar-refractivity contribution in [1.29, 1.82) is 0 Å². The van der Waals surface area contributed by atoms with E-state index in [1.165, 1.54) is 11.4 Å². The molecule has 1 atom stereocenters. The van der Waals surface area contributed by atoms with Gasteiger partial charge in [-0.25, -0.2) is 0 Å². The van der Waals surface area contributed by atoms with Crippen molar-refractivity contribution in [2.45, 2.75) is 46.3 Å². The van der Waals surface area contributed by atoms with E-state index in [4.69, 9.17) is 18.0 Å². The predicted octanol–water partition coefficient (Wildman–Crippen LogP) is 1.26. The second kappa shape index (κ2) is 7.33. The third-order valence-corrected chi connectivity index (χ3v) is 4.67. The summed E-state index contributed by atoms with van der Waals surface area (Å²) in [7, 11) is 0. The lowest BCUT2D eigenvalue weighted by Crippen LogP contribution is -2.52. The predicted molar refractivity (Wildman–Crippen MR) is 90.4 cm³/mol. The zero-order chi connectivity index (χ0) is 15.4. The molecule has 1 unspecified atom stereocenters. The maximum absolute atomic E-state index is 5.75. The molecule has 5 nitrogen and oxygen atoms in total. The van der Waals surface area contributed by atoms with Gasteiger partial charge >= 0.3 is 0 Å². The van der Waals surface area contributed by atoms with Crippen molar-refractivity contribution in [2.24, 2.45) is 5.73 Å². The lowest BCUT2D eigenvalue weighted by atomic mass is 10.2. The summed E-state index contributed by atoms with van der Waals surface area (Å²) in [6.45, 7) is 12.5. The van der Waals surface area contributed by atoms with Crippen LogP contribution in [0.4, 0.5) is 0 Å². The number of hydrogen-bond acceptors (Lipinski definition) is 4. The molecular weight excluding hydrogens is 282 g/mol. The van der Waals surface area contributed by atoms with Crippen molar-refractivity contribution in [3.05, 3.63) is 17.5 Å². The van der Waals surface area contributed by atoms with Crippen molar-refractivity contribution in [2.75, 3.05) is 26.2 Å². The molecule has 0 amide bonds. The average Bonchev–Trinajstić information content (AvgIpc) is 2.89. The topological polar surface area (TPSA) is 50.3 Å². The Kier molecular flexibility index (Phi) is 5.72. The molecule has 0 aliphatic carbocycles. The van der Waals surface area contributed by atoms with Gasteiger partial charge in [-0.15, -0.1) is 0 Å². The van der Waals surface area contributed by atoms with Crippen LogP contribution >= 0.6 is 12.2 Å². The van der Waals surface area contributed by atoms with E-state index in [0.29, 0.717) is 4.99 Å². The first-order chi connectivity index (χ1) is 10.0. The lowest BCUT2D eigenvalue weighted by Gasteiger charge is -2.37. The minimum absolute atomic E-state index is 0.204. The summed E-state index contributed by atoms with van der Waals surface area (Å²) >= 11 is 5.09. The van der Waals surface area contributed by atoms with E-state index >= 15 is 0 Å². The Morgan fingerprint density at radius 2 is 2.00 bits per heavy atom. The molecule has 1 aromatic rings. The molecular formula is C15H27N5S. The first-order valence-corrected chi connectivity index (χ1v) is 8.27.